The third-order valence-corrected chi connectivity index (χ3v) is 4.23. The number of fused-ring (bicyclic) bond motifs is 1. The molecule has 0 bridgehead atoms. The zero-order valence-electron chi connectivity index (χ0n) is 12.1. The summed E-state index contributed by atoms with van der Waals surface area (Å²) >= 11 is 0. The SMILES string of the molecule is CCCC1(C(C)C)C(=O)Nc2c(C)cc(C)cc21. The molecule has 0 radical (unpaired) electrons. The Kier molecular flexibility index (Phi) is 3.22. The molecule has 0 fully saturated rings. The summed E-state index contributed by atoms with van der Waals surface area (Å²) in [6, 6.07) is 4.33. The summed E-state index contributed by atoms with van der Waals surface area (Å²) in [7, 11) is 0. The monoisotopic (exact) mass is 245 g/mol. The molecule has 0 aromatic heterocycles. The van der Waals surface area contributed by atoms with Crippen LogP contribution in [0.2, 0.25) is 0 Å². The second-order valence-corrected chi connectivity index (χ2v) is 5.83. The molecule has 1 unspecified atom stereocenters. The first kappa shape index (κ1) is 13.1. The van der Waals surface area contributed by atoms with E-state index in [-0.39, 0.29) is 11.3 Å². The molecule has 1 aromatic carbocycles. The van der Waals surface area contributed by atoms with Gasteiger partial charge in [0, 0.05) is 5.69 Å². The molecule has 2 rings (SSSR count). The fourth-order valence-electron chi connectivity index (χ4n) is 3.34. The largest absolute Gasteiger partial charge is 0.325 e. The van der Waals surface area contributed by atoms with Crippen molar-refractivity contribution in [1.29, 1.82) is 0 Å². The predicted octanol–water partition coefficient (Wildman–Crippen LogP) is 3.95. The highest BCUT2D eigenvalue weighted by Gasteiger charge is 2.48. The van der Waals surface area contributed by atoms with Crippen LogP contribution in [0.5, 0.6) is 0 Å². The lowest BCUT2D eigenvalue weighted by molar-refractivity contribution is -0.122. The van der Waals surface area contributed by atoms with Crippen LogP contribution >= 0.6 is 0 Å². The normalized spacial score (nSPS) is 22.2. The number of carbonyl (C=O) groups excluding carboxylic acids is 1. The van der Waals surface area contributed by atoms with Crippen molar-refractivity contribution in [3.63, 3.8) is 0 Å². The van der Waals surface area contributed by atoms with E-state index >= 15 is 0 Å². The lowest BCUT2D eigenvalue weighted by Crippen LogP contribution is -2.39. The fourth-order valence-corrected chi connectivity index (χ4v) is 3.34. The minimum atomic E-state index is -0.332. The Labute approximate surface area is 110 Å². The molecule has 18 heavy (non-hydrogen) atoms. The smallest absolute Gasteiger partial charge is 0.235 e. The van der Waals surface area contributed by atoms with E-state index in [1.165, 1.54) is 16.7 Å². The molecule has 1 aliphatic heterocycles. The summed E-state index contributed by atoms with van der Waals surface area (Å²) in [6.45, 7) is 10.6. The number of aryl methyl sites for hydroxylation is 2. The number of nitrogens with one attached hydrogen (secondary N) is 1. The Morgan fingerprint density at radius 2 is 1.94 bits per heavy atom. The van der Waals surface area contributed by atoms with Crippen molar-refractivity contribution in [1.82, 2.24) is 0 Å². The number of hydrogen-bond donors (Lipinski definition) is 1. The lowest BCUT2D eigenvalue weighted by Gasteiger charge is -2.31. The highest BCUT2D eigenvalue weighted by molar-refractivity contribution is 6.07. The van der Waals surface area contributed by atoms with E-state index in [4.69, 9.17) is 0 Å². The van der Waals surface area contributed by atoms with Gasteiger partial charge in [-0.25, -0.2) is 0 Å². The molecule has 1 atom stereocenters. The Morgan fingerprint density at radius 3 is 2.50 bits per heavy atom. The summed E-state index contributed by atoms with van der Waals surface area (Å²) in [5, 5.41) is 3.11. The number of anilines is 1. The molecule has 1 aromatic rings. The van der Waals surface area contributed by atoms with Gasteiger partial charge in [-0.05, 0) is 37.3 Å². The highest BCUT2D eigenvalue weighted by atomic mass is 16.2. The topological polar surface area (TPSA) is 29.1 Å². The first-order valence-corrected chi connectivity index (χ1v) is 6.86. The van der Waals surface area contributed by atoms with Crippen molar-refractivity contribution in [3.8, 4) is 0 Å². The molecule has 1 heterocycles. The Balaban J connectivity index is 2.68. The second-order valence-electron chi connectivity index (χ2n) is 5.83. The maximum Gasteiger partial charge on any atom is 0.235 e. The molecule has 0 saturated heterocycles. The van der Waals surface area contributed by atoms with E-state index < -0.39 is 0 Å². The Bertz CT molecular complexity index is 490. The van der Waals surface area contributed by atoms with E-state index in [1.807, 2.05) is 0 Å². The molecule has 1 amide bonds. The van der Waals surface area contributed by atoms with E-state index in [9.17, 15) is 4.79 Å². The van der Waals surface area contributed by atoms with Crippen LogP contribution in [0.4, 0.5) is 5.69 Å². The first-order chi connectivity index (χ1) is 8.43. The van der Waals surface area contributed by atoms with Crippen molar-refractivity contribution in [2.24, 2.45) is 5.92 Å². The molecule has 1 N–H and O–H groups in total. The Morgan fingerprint density at radius 1 is 1.28 bits per heavy atom. The van der Waals surface area contributed by atoms with Gasteiger partial charge in [0.25, 0.3) is 0 Å². The summed E-state index contributed by atoms with van der Waals surface area (Å²) < 4.78 is 0. The number of rotatable bonds is 3. The van der Waals surface area contributed by atoms with Gasteiger partial charge < -0.3 is 5.32 Å². The van der Waals surface area contributed by atoms with Gasteiger partial charge in [0.15, 0.2) is 0 Å². The standard InChI is InChI=1S/C16H23NO/c1-6-7-16(10(2)3)13-9-11(4)8-12(5)14(13)17-15(16)18/h8-10H,6-7H2,1-5H3,(H,17,18). The minimum absolute atomic E-state index is 0.183. The van der Waals surface area contributed by atoms with Crippen LogP contribution in [-0.2, 0) is 10.2 Å². The van der Waals surface area contributed by atoms with E-state index in [0.717, 1.165) is 18.5 Å². The third kappa shape index (κ3) is 1.66. The highest BCUT2D eigenvalue weighted by Crippen LogP contribution is 2.47. The fraction of sp³-hybridized carbons (Fsp3) is 0.562. The molecule has 0 aliphatic carbocycles. The zero-order valence-corrected chi connectivity index (χ0v) is 12.1. The zero-order chi connectivity index (χ0) is 13.5. The molecule has 0 spiro atoms. The molecular weight excluding hydrogens is 222 g/mol. The maximum atomic E-state index is 12.5. The van der Waals surface area contributed by atoms with E-state index in [1.54, 1.807) is 0 Å². The molecule has 2 nitrogen and oxygen atoms in total. The van der Waals surface area contributed by atoms with Crippen LogP contribution < -0.4 is 5.32 Å². The average Bonchev–Trinajstić information content (AvgIpc) is 2.55. The lowest BCUT2D eigenvalue weighted by atomic mass is 9.69. The third-order valence-electron chi connectivity index (χ3n) is 4.23. The molecular formula is C16H23NO. The summed E-state index contributed by atoms with van der Waals surface area (Å²) in [6.07, 6.45) is 1.95. The molecule has 2 heteroatoms. The van der Waals surface area contributed by atoms with E-state index in [2.05, 4.69) is 52.1 Å². The minimum Gasteiger partial charge on any atom is -0.325 e. The van der Waals surface area contributed by atoms with E-state index in [0.29, 0.717) is 5.92 Å². The summed E-state index contributed by atoms with van der Waals surface area (Å²) in [5.74, 6) is 0.503. The van der Waals surface area contributed by atoms with Crippen LogP contribution in [0.1, 0.15) is 50.3 Å². The molecule has 1 aliphatic rings. The molecule has 98 valence electrons. The van der Waals surface area contributed by atoms with Gasteiger partial charge in [-0.15, -0.1) is 0 Å². The van der Waals surface area contributed by atoms with Crippen molar-refractivity contribution in [2.75, 3.05) is 5.32 Å². The van der Waals surface area contributed by atoms with Gasteiger partial charge in [-0.2, -0.15) is 0 Å². The maximum absolute atomic E-state index is 12.5. The molecule has 0 saturated carbocycles. The first-order valence-electron chi connectivity index (χ1n) is 6.86. The van der Waals surface area contributed by atoms with Crippen LogP contribution in [0, 0.1) is 19.8 Å². The average molecular weight is 245 g/mol. The van der Waals surface area contributed by atoms with Crippen molar-refractivity contribution in [3.05, 3.63) is 28.8 Å². The van der Waals surface area contributed by atoms with Crippen LogP contribution in [0.3, 0.4) is 0 Å². The van der Waals surface area contributed by atoms with Crippen LogP contribution in [-0.4, -0.2) is 5.91 Å². The van der Waals surface area contributed by atoms with Crippen LogP contribution in [0.25, 0.3) is 0 Å². The second kappa shape index (κ2) is 4.42. The summed E-state index contributed by atoms with van der Waals surface area (Å²) in [4.78, 5) is 12.5. The van der Waals surface area contributed by atoms with Gasteiger partial charge in [-0.3, -0.25) is 4.79 Å². The predicted molar refractivity (Wildman–Crippen MR) is 76.0 cm³/mol. The summed E-state index contributed by atoms with van der Waals surface area (Å²) in [5.41, 5.74) is 4.34. The van der Waals surface area contributed by atoms with Gasteiger partial charge >= 0.3 is 0 Å². The van der Waals surface area contributed by atoms with Gasteiger partial charge in [0.1, 0.15) is 0 Å². The van der Waals surface area contributed by atoms with Gasteiger partial charge in [0.2, 0.25) is 5.91 Å². The van der Waals surface area contributed by atoms with Crippen LogP contribution in [0.15, 0.2) is 12.1 Å². The number of amides is 1. The van der Waals surface area contributed by atoms with Crippen molar-refractivity contribution in [2.45, 2.75) is 52.9 Å². The van der Waals surface area contributed by atoms with Crippen molar-refractivity contribution >= 4 is 11.6 Å². The van der Waals surface area contributed by atoms with Gasteiger partial charge in [0.05, 0.1) is 5.41 Å². The number of hydrogen-bond acceptors (Lipinski definition) is 1. The Hall–Kier alpha value is -1.31. The van der Waals surface area contributed by atoms with Gasteiger partial charge in [-0.1, -0.05) is 44.9 Å². The number of benzene rings is 1. The number of carbonyl (C=O) groups is 1. The quantitative estimate of drug-likeness (QED) is 0.858. The van der Waals surface area contributed by atoms with Crippen molar-refractivity contribution < 1.29 is 4.79 Å².